The van der Waals surface area contributed by atoms with E-state index in [1.54, 1.807) is 19.3 Å². The zero-order valence-corrected chi connectivity index (χ0v) is 23.8. The second-order valence-corrected chi connectivity index (χ2v) is 11.8. The van der Waals surface area contributed by atoms with E-state index in [4.69, 9.17) is 0 Å². The molecule has 5 rings (SSSR count). The molecule has 0 spiro atoms. The lowest BCUT2D eigenvalue weighted by Gasteiger charge is -2.51. The van der Waals surface area contributed by atoms with Gasteiger partial charge in [-0.2, -0.15) is 0 Å². The molecule has 1 aromatic carbocycles. The van der Waals surface area contributed by atoms with Crippen molar-refractivity contribution in [2.24, 2.45) is 11.8 Å². The van der Waals surface area contributed by atoms with Gasteiger partial charge in [-0.15, -0.1) is 0 Å². The Morgan fingerprint density at radius 3 is 2.56 bits per heavy atom. The average molecular weight is 560 g/mol. The number of piperidine rings is 2. The number of likely N-dealkylation sites (tertiary alicyclic amines) is 1. The first-order valence-corrected chi connectivity index (χ1v) is 15.0. The smallest absolute Gasteiger partial charge is 0.245 e. The van der Waals surface area contributed by atoms with Crippen molar-refractivity contribution in [2.45, 2.75) is 76.4 Å². The number of benzene rings is 1. The van der Waals surface area contributed by atoms with Crippen LogP contribution in [0.5, 0.6) is 0 Å². The number of carbonyl (C=O) groups excluding carboxylic acids is 4. The molecule has 3 aliphatic rings. The highest BCUT2D eigenvalue weighted by Crippen LogP contribution is 2.36. The molecule has 1 aromatic heterocycles. The Labute approximate surface area is 242 Å². The molecule has 4 heterocycles. The fourth-order valence-corrected chi connectivity index (χ4v) is 6.72. The van der Waals surface area contributed by atoms with E-state index in [0.717, 1.165) is 17.5 Å². The Kier molecular flexibility index (Phi) is 9.31. The van der Waals surface area contributed by atoms with Gasteiger partial charge in [-0.05, 0) is 74.5 Å². The summed E-state index contributed by atoms with van der Waals surface area (Å²) in [4.78, 5) is 61.1. The zero-order chi connectivity index (χ0) is 28.8. The molecule has 0 aliphatic carbocycles. The van der Waals surface area contributed by atoms with E-state index in [1.807, 2.05) is 52.3 Å². The van der Waals surface area contributed by atoms with Crippen LogP contribution in [-0.2, 0) is 32.0 Å². The van der Waals surface area contributed by atoms with Crippen LogP contribution in [0, 0.1) is 11.8 Å². The first-order chi connectivity index (χ1) is 19.9. The predicted molar refractivity (Wildman–Crippen MR) is 154 cm³/mol. The minimum absolute atomic E-state index is 0.0619. The van der Waals surface area contributed by atoms with E-state index in [1.165, 1.54) is 0 Å². The molecule has 9 nitrogen and oxygen atoms in total. The van der Waals surface area contributed by atoms with Crippen LogP contribution in [0.25, 0.3) is 0 Å². The molecule has 4 amide bonds. The summed E-state index contributed by atoms with van der Waals surface area (Å²) in [5, 5.41) is 5.82. The number of aromatic nitrogens is 1. The van der Waals surface area contributed by atoms with E-state index in [-0.39, 0.29) is 41.5 Å². The fraction of sp³-hybridized carbons (Fsp3) is 0.531. The number of carbonyl (C=O) groups is 4. The molecule has 2 N–H and O–H groups in total. The molecule has 5 atom stereocenters. The third-order valence-electron chi connectivity index (χ3n) is 8.80. The van der Waals surface area contributed by atoms with Crippen molar-refractivity contribution in [2.75, 3.05) is 19.6 Å². The van der Waals surface area contributed by atoms with Crippen LogP contribution in [0.15, 0.2) is 54.9 Å². The lowest BCUT2D eigenvalue weighted by atomic mass is 9.77. The quantitative estimate of drug-likeness (QED) is 0.565. The second kappa shape index (κ2) is 13.3. The van der Waals surface area contributed by atoms with Gasteiger partial charge in [0.2, 0.25) is 23.6 Å². The topological polar surface area (TPSA) is 112 Å². The molecule has 0 saturated carbocycles. The Bertz CT molecular complexity index is 1220. The van der Waals surface area contributed by atoms with Crippen LogP contribution in [0.2, 0.25) is 0 Å². The van der Waals surface area contributed by atoms with E-state index in [0.29, 0.717) is 64.6 Å². The van der Waals surface area contributed by atoms with Gasteiger partial charge in [0.1, 0.15) is 12.1 Å². The molecule has 9 heteroatoms. The van der Waals surface area contributed by atoms with E-state index in [2.05, 4.69) is 15.6 Å². The van der Waals surface area contributed by atoms with E-state index >= 15 is 0 Å². The Morgan fingerprint density at radius 1 is 0.976 bits per heavy atom. The molecule has 0 radical (unpaired) electrons. The number of fused-ring (bicyclic) bond motifs is 4. The van der Waals surface area contributed by atoms with Gasteiger partial charge in [0.05, 0.1) is 0 Å². The summed E-state index contributed by atoms with van der Waals surface area (Å²) < 4.78 is 0. The van der Waals surface area contributed by atoms with Gasteiger partial charge in [-0.3, -0.25) is 24.2 Å². The number of pyridine rings is 1. The van der Waals surface area contributed by atoms with Crippen LogP contribution in [0.1, 0.15) is 56.6 Å². The maximum Gasteiger partial charge on any atom is 0.245 e. The summed E-state index contributed by atoms with van der Waals surface area (Å²) >= 11 is 0. The summed E-state index contributed by atoms with van der Waals surface area (Å²) in [6.45, 7) is 3.56. The number of hydrogen-bond acceptors (Lipinski definition) is 5. The van der Waals surface area contributed by atoms with Crippen molar-refractivity contribution < 1.29 is 19.2 Å². The second-order valence-electron chi connectivity index (χ2n) is 11.8. The highest BCUT2D eigenvalue weighted by molar-refractivity contribution is 5.92. The van der Waals surface area contributed by atoms with Gasteiger partial charge < -0.3 is 20.4 Å². The molecular formula is C32H41N5O4. The summed E-state index contributed by atoms with van der Waals surface area (Å²) in [7, 11) is 0. The van der Waals surface area contributed by atoms with Gasteiger partial charge in [0.15, 0.2) is 0 Å². The number of amides is 4. The van der Waals surface area contributed by atoms with Crippen molar-refractivity contribution >= 4 is 23.6 Å². The highest BCUT2D eigenvalue weighted by atomic mass is 16.2. The summed E-state index contributed by atoms with van der Waals surface area (Å²) in [5.74, 6) is -0.0554. The molecule has 2 bridgehead atoms. The third-order valence-corrected chi connectivity index (χ3v) is 8.80. The monoisotopic (exact) mass is 559 g/mol. The molecule has 41 heavy (non-hydrogen) atoms. The van der Waals surface area contributed by atoms with Crippen molar-refractivity contribution in [1.29, 1.82) is 0 Å². The lowest BCUT2D eigenvalue weighted by molar-refractivity contribution is -0.148. The van der Waals surface area contributed by atoms with Crippen LogP contribution in [0.4, 0.5) is 0 Å². The van der Waals surface area contributed by atoms with Crippen molar-refractivity contribution in [3.63, 3.8) is 0 Å². The predicted octanol–water partition coefficient (Wildman–Crippen LogP) is 2.50. The van der Waals surface area contributed by atoms with E-state index in [9.17, 15) is 19.2 Å². The van der Waals surface area contributed by atoms with Gasteiger partial charge in [0, 0.05) is 50.9 Å². The molecular weight excluding hydrogens is 518 g/mol. The fourth-order valence-electron chi connectivity index (χ4n) is 6.72. The van der Waals surface area contributed by atoms with Crippen LogP contribution in [0.3, 0.4) is 0 Å². The van der Waals surface area contributed by atoms with Crippen LogP contribution < -0.4 is 10.6 Å². The number of hydrogen-bond donors (Lipinski definition) is 2. The summed E-state index contributed by atoms with van der Waals surface area (Å²) in [6.07, 6.45) is 8.32. The molecule has 3 aliphatic heterocycles. The largest absolute Gasteiger partial charge is 0.344 e. The van der Waals surface area contributed by atoms with Gasteiger partial charge in [-0.25, -0.2) is 0 Å². The Balaban J connectivity index is 1.24. The highest BCUT2D eigenvalue weighted by Gasteiger charge is 2.44. The van der Waals surface area contributed by atoms with Crippen molar-refractivity contribution in [3.8, 4) is 0 Å². The van der Waals surface area contributed by atoms with Gasteiger partial charge in [-0.1, -0.05) is 36.4 Å². The Morgan fingerprint density at radius 2 is 1.78 bits per heavy atom. The molecule has 3 saturated heterocycles. The van der Waals surface area contributed by atoms with Gasteiger partial charge >= 0.3 is 0 Å². The third kappa shape index (κ3) is 7.31. The minimum Gasteiger partial charge on any atom is -0.344 e. The first kappa shape index (κ1) is 28.8. The molecule has 3 fully saturated rings. The maximum atomic E-state index is 13.7. The molecule has 218 valence electrons. The maximum absolute atomic E-state index is 13.7. The van der Waals surface area contributed by atoms with E-state index < -0.39 is 12.1 Å². The van der Waals surface area contributed by atoms with Gasteiger partial charge in [0.25, 0.3) is 0 Å². The van der Waals surface area contributed by atoms with Crippen LogP contribution in [-0.4, -0.2) is 76.2 Å². The Hall–Kier alpha value is -3.75. The average Bonchev–Trinajstić information content (AvgIpc) is 2.98. The number of rotatable bonds is 6. The molecule has 0 unspecified atom stereocenters. The SMILES string of the molecule is C[C@H]1NC(=O)[C@H](CCc2ccccc2)NC(=O)CCC[C@H]2[C@@H]3C[C@@H](CN(C(=O)CCc4cccnc4)C3)CN2C1=O. The standard InChI is InChI=1S/C32H41N5O4/c1-22-32(41)37-20-25-17-26(21-36(19-25)30(39)15-13-24-9-6-16-33-18-24)28(37)10-5-11-29(38)35-27(31(40)34-22)14-12-23-7-3-2-4-8-23/h2-4,6-9,16,18,22,25-28H,5,10-15,17,19-21H2,1H3,(H,34,40)(H,35,38)/t22-,25+,26-,27+,28+/m1/s1. The molecule has 2 aromatic rings. The summed E-state index contributed by atoms with van der Waals surface area (Å²) in [6, 6.07) is 12.3. The van der Waals surface area contributed by atoms with Crippen molar-refractivity contribution in [3.05, 3.63) is 66.0 Å². The lowest BCUT2D eigenvalue weighted by Crippen LogP contribution is -2.63. The van der Waals surface area contributed by atoms with Crippen LogP contribution >= 0.6 is 0 Å². The first-order valence-electron chi connectivity index (χ1n) is 15.0. The minimum atomic E-state index is -0.698. The number of aryl methyl sites for hydroxylation is 2. The van der Waals surface area contributed by atoms with Crippen molar-refractivity contribution in [1.82, 2.24) is 25.4 Å². The number of nitrogens with zero attached hydrogens (tertiary/aromatic N) is 3. The number of nitrogens with one attached hydrogen (secondary N) is 2. The summed E-state index contributed by atoms with van der Waals surface area (Å²) in [5.41, 5.74) is 2.14. The normalized spacial score (nSPS) is 27.1. The zero-order valence-electron chi connectivity index (χ0n) is 23.8.